The predicted octanol–water partition coefficient (Wildman–Crippen LogP) is 3.85. The molecular formula is C14H24N2S. The number of hydrogen-bond donors (Lipinski definition) is 1. The van der Waals surface area contributed by atoms with Crippen LogP contribution in [0.15, 0.2) is 0 Å². The van der Waals surface area contributed by atoms with Crippen molar-refractivity contribution >= 4 is 11.3 Å². The lowest BCUT2D eigenvalue weighted by Gasteiger charge is -2.24. The van der Waals surface area contributed by atoms with Crippen LogP contribution in [0.5, 0.6) is 0 Å². The van der Waals surface area contributed by atoms with E-state index >= 15 is 0 Å². The molecule has 0 amide bonds. The zero-order valence-corrected chi connectivity index (χ0v) is 12.1. The van der Waals surface area contributed by atoms with Crippen LogP contribution in [0.3, 0.4) is 0 Å². The zero-order chi connectivity index (χ0) is 12.3. The van der Waals surface area contributed by atoms with Crippen LogP contribution < -0.4 is 5.32 Å². The van der Waals surface area contributed by atoms with Gasteiger partial charge < -0.3 is 5.32 Å². The third-order valence-corrected chi connectivity index (χ3v) is 5.13. The highest BCUT2D eigenvalue weighted by atomic mass is 32.1. The molecule has 1 aliphatic rings. The Bertz CT molecular complexity index is 351. The monoisotopic (exact) mass is 252 g/mol. The first-order valence-corrected chi connectivity index (χ1v) is 7.69. The molecule has 1 fully saturated rings. The highest BCUT2D eigenvalue weighted by Gasteiger charge is 2.23. The maximum Gasteiger partial charge on any atom is 0.0962 e. The Hall–Kier alpha value is -0.410. The standard InChI is InChI=1S/C14H24N2S/c1-4-15-9-13-11(3)16-14(17-13)12-7-5-10(2)6-8-12/h10,12,15H,4-9H2,1-3H3. The molecule has 96 valence electrons. The number of rotatable bonds is 4. The zero-order valence-electron chi connectivity index (χ0n) is 11.3. The summed E-state index contributed by atoms with van der Waals surface area (Å²) < 4.78 is 0. The quantitative estimate of drug-likeness (QED) is 0.880. The van der Waals surface area contributed by atoms with Gasteiger partial charge in [0.05, 0.1) is 10.7 Å². The fourth-order valence-electron chi connectivity index (χ4n) is 2.53. The van der Waals surface area contributed by atoms with Crippen LogP contribution in [0.25, 0.3) is 0 Å². The van der Waals surface area contributed by atoms with Crippen molar-refractivity contribution in [1.29, 1.82) is 0 Å². The second-order valence-corrected chi connectivity index (χ2v) is 6.41. The Kier molecular flexibility index (Phi) is 4.57. The van der Waals surface area contributed by atoms with E-state index in [1.807, 2.05) is 11.3 Å². The van der Waals surface area contributed by atoms with Crippen molar-refractivity contribution in [3.8, 4) is 0 Å². The molecule has 1 N–H and O–H groups in total. The topological polar surface area (TPSA) is 24.9 Å². The number of aryl methyl sites for hydroxylation is 1. The van der Waals surface area contributed by atoms with Crippen LogP contribution in [0, 0.1) is 12.8 Å². The molecular weight excluding hydrogens is 228 g/mol. The second-order valence-electron chi connectivity index (χ2n) is 5.30. The first-order valence-electron chi connectivity index (χ1n) is 6.87. The minimum absolute atomic E-state index is 0.741. The third kappa shape index (κ3) is 3.29. The molecule has 0 saturated heterocycles. The Morgan fingerprint density at radius 3 is 2.65 bits per heavy atom. The van der Waals surface area contributed by atoms with Crippen molar-refractivity contribution in [2.45, 2.75) is 58.9 Å². The van der Waals surface area contributed by atoms with Gasteiger partial charge in [-0.1, -0.05) is 26.7 Å². The predicted molar refractivity (Wildman–Crippen MR) is 74.6 cm³/mol. The number of aromatic nitrogens is 1. The maximum absolute atomic E-state index is 4.79. The summed E-state index contributed by atoms with van der Waals surface area (Å²) in [4.78, 5) is 6.22. The molecule has 1 aromatic rings. The minimum Gasteiger partial charge on any atom is -0.312 e. The van der Waals surface area contributed by atoms with Gasteiger partial charge in [0, 0.05) is 17.3 Å². The molecule has 17 heavy (non-hydrogen) atoms. The van der Waals surface area contributed by atoms with Gasteiger partial charge in [-0.3, -0.25) is 0 Å². The fraction of sp³-hybridized carbons (Fsp3) is 0.786. The fourth-order valence-corrected chi connectivity index (χ4v) is 3.74. The van der Waals surface area contributed by atoms with Crippen LogP contribution in [0.4, 0.5) is 0 Å². The molecule has 2 nitrogen and oxygen atoms in total. The molecule has 1 saturated carbocycles. The summed E-state index contributed by atoms with van der Waals surface area (Å²) in [7, 11) is 0. The maximum atomic E-state index is 4.79. The normalized spacial score (nSPS) is 25.1. The van der Waals surface area contributed by atoms with Crippen LogP contribution in [0.2, 0.25) is 0 Å². The van der Waals surface area contributed by atoms with E-state index in [0.29, 0.717) is 0 Å². The van der Waals surface area contributed by atoms with E-state index in [1.165, 1.54) is 41.3 Å². The van der Waals surface area contributed by atoms with Crippen molar-refractivity contribution in [2.24, 2.45) is 5.92 Å². The molecule has 0 aliphatic heterocycles. The summed E-state index contributed by atoms with van der Waals surface area (Å²) in [5.41, 5.74) is 1.24. The Morgan fingerprint density at radius 1 is 1.29 bits per heavy atom. The van der Waals surface area contributed by atoms with Gasteiger partial charge in [0.2, 0.25) is 0 Å². The molecule has 0 bridgehead atoms. The van der Waals surface area contributed by atoms with Crippen LogP contribution in [-0.4, -0.2) is 11.5 Å². The van der Waals surface area contributed by atoms with E-state index in [2.05, 4.69) is 26.1 Å². The highest BCUT2D eigenvalue weighted by molar-refractivity contribution is 7.11. The molecule has 0 radical (unpaired) electrons. The summed E-state index contributed by atoms with van der Waals surface area (Å²) in [6, 6.07) is 0. The summed E-state index contributed by atoms with van der Waals surface area (Å²) >= 11 is 1.93. The van der Waals surface area contributed by atoms with E-state index in [1.54, 1.807) is 0 Å². The minimum atomic E-state index is 0.741. The van der Waals surface area contributed by atoms with Crippen molar-refractivity contribution in [3.05, 3.63) is 15.6 Å². The molecule has 1 aliphatic carbocycles. The van der Waals surface area contributed by atoms with Gasteiger partial charge in [0.15, 0.2) is 0 Å². The summed E-state index contributed by atoms with van der Waals surface area (Å²) in [6.07, 6.45) is 5.45. The van der Waals surface area contributed by atoms with Crippen molar-refractivity contribution in [2.75, 3.05) is 6.54 Å². The van der Waals surface area contributed by atoms with Gasteiger partial charge >= 0.3 is 0 Å². The Balaban J connectivity index is 2.01. The molecule has 2 rings (SSSR count). The molecule has 0 atom stereocenters. The lowest BCUT2D eigenvalue weighted by molar-refractivity contribution is 0.347. The molecule has 1 aromatic heterocycles. The first kappa shape index (κ1) is 13.0. The van der Waals surface area contributed by atoms with Gasteiger partial charge in [-0.25, -0.2) is 4.98 Å². The smallest absolute Gasteiger partial charge is 0.0962 e. The molecule has 0 aromatic carbocycles. The van der Waals surface area contributed by atoms with E-state index < -0.39 is 0 Å². The second kappa shape index (κ2) is 5.96. The summed E-state index contributed by atoms with van der Waals surface area (Å²) in [5, 5.41) is 4.79. The van der Waals surface area contributed by atoms with Crippen LogP contribution in [-0.2, 0) is 6.54 Å². The highest BCUT2D eigenvalue weighted by Crippen LogP contribution is 2.37. The average Bonchev–Trinajstić information content (AvgIpc) is 2.69. The molecule has 0 spiro atoms. The van der Waals surface area contributed by atoms with Crippen molar-refractivity contribution < 1.29 is 0 Å². The molecule has 1 heterocycles. The van der Waals surface area contributed by atoms with Crippen LogP contribution >= 0.6 is 11.3 Å². The number of nitrogens with zero attached hydrogens (tertiary/aromatic N) is 1. The van der Waals surface area contributed by atoms with Gasteiger partial charge in [-0.15, -0.1) is 11.3 Å². The number of nitrogens with one attached hydrogen (secondary N) is 1. The molecule has 0 unspecified atom stereocenters. The summed E-state index contributed by atoms with van der Waals surface area (Å²) in [5.74, 6) is 1.67. The number of thiazole rings is 1. The Labute approximate surface area is 109 Å². The van der Waals surface area contributed by atoms with Crippen molar-refractivity contribution in [3.63, 3.8) is 0 Å². The first-order chi connectivity index (χ1) is 8.20. The van der Waals surface area contributed by atoms with Crippen molar-refractivity contribution in [1.82, 2.24) is 10.3 Å². The Morgan fingerprint density at radius 2 is 2.00 bits per heavy atom. The average molecular weight is 252 g/mol. The van der Waals surface area contributed by atoms with E-state index in [9.17, 15) is 0 Å². The SMILES string of the molecule is CCNCc1sc(C2CCC(C)CC2)nc1C. The lowest BCUT2D eigenvalue weighted by atomic mass is 9.83. The number of hydrogen-bond acceptors (Lipinski definition) is 3. The van der Waals surface area contributed by atoms with E-state index in [4.69, 9.17) is 4.98 Å². The molecule has 3 heteroatoms. The van der Waals surface area contributed by atoms with Gasteiger partial charge in [-0.2, -0.15) is 0 Å². The van der Waals surface area contributed by atoms with Gasteiger partial charge in [-0.05, 0) is 32.2 Å². The van der Waals surface area contributed by atoms with Gasteiger partial charge in [0.25, 0.3) is 0 Å². The van der Waals surface area contributed by atoms with Crippen LogP contribution in [0.1, 0.15) is 61.0 Å². The third-order valence-electron chi connectivity index (χ3n) is 3.81. The van der Waals surface area contributed by atoms with E-state index in [0.717, 1.165) is 24.9 Å². The summed E-state index contributed by atoms with van der Waals surface area (Å²) in [6.45, 7) is 8.70. The van der Waals surface area contributed by atoms with Gasteiger partial charge in [0.1, 0.15) is 0 Å². The largest absolute Gasteiger partial charge is 0.312 e. The van der Waals surface area contributed by atoms with E-state index in [-0.39, 0.29) is 0 Å². The lowest BCUT2D eigenvalue weighted by Crippen LogP contribution is -2.11.